The smallest absolute Gasteiger partial charge is 0.266 e. The third kappa shape index (κ3) is 5.64. The van der Waals surface area contributed by atoms with Gasteiger partial charge in [0.2, 0.25) is 5.91 Å². The molecule has 0 radical (unpaired) electrons. The molecule has 31 heavy (non-hydrogen) atoms. The lowest BCUT2D eigenvalue weighted by atomic mass is 9.92. The van der Waals surface area contributed by atoms with Crippen LogP contribution in [0.3, 0.4) is 0 Å². The summed E-state index contributed by atoms with van der Waals surface area (Å²) in [5.74, 6) is 0.719. The van der Waals surface area contributed by atoms with Crippen molar-refractivity contribution >= 4 is 23.2 Å². The van der Waals surface area contributed by atoms with Gasteiger partial charge in [-0.25, -0.2) is 4.98 Å². The predicted molar refractivity (Wildman–Crippen MR) is 125 cm³/mol. The first-order valence-electron chi connectivity index (χ1n) is 11.2. The highest BCUT2D eigenvalue weighted by atomic mass is 32.1. The number of piperidine rings is 1. The van der Waals surface area contributed by atoms with Gasteiger partial charge in [-0.05, 0) is 64.3 Å². The van der Waals surface area contributed by atoms with E-state index in [2.05, 4.69) is 24.1 Å². The van der Waals surface area contributed by atoms with E-state index < -0.39 is 0 Å². The number of rotatable bonds is 8. The number of aryl methyl sites for hydroxylation is 1. The topological polar surface area (TPSA) is 71.5 Å². The second-order valence-electron chi connectivity index (χ2n) is 8.12. The van der Waals surface area contributed by atoms with E-state index in [0.29, 0.717) is 24.6 Å². The molecule has 2 unspecified atom stereocenters. The summed E-state index contributed by atoms with van der Waals surface area (Å²) in [4.78, 5) is 33.1. The number of benzene rings is 1. The average Bonchev–Trinajstić information content (AvgIpc) is 3.16. The summed E-state index contributed by atoms with van der Waals surface area (Å²) in [5.41, 5.74) is 1.70. The molecule has 1 N–H and O–H groups in total. The molecule has 3 rings (SSSR count). The fourth-order valence-corrected chi connectivity index (χ4v) is 4.87. The zero-order valence-corrected chi connectivity index (χ0v) is 19.8. The summed E-state index contributed by atoms with van der Waals surface area (Å²) in [6, 6.07) is 7.90. The van der Waals surface area contributed by atoms with Crippen molar-refractivity contribution < 1.29 is 14.3 Å². The molecule has 1 aliphatic heterocycles. The molecule has 1 fully saturated rings. The highest BCUT2D eigenvalue weighted by Gasteiger charge is 2.34. The van der Waals surface area contributed by atoms with E-state index in [4.69, 9.17) is 4.74 Å². The van der Waals surface area contributed by atoms with Gasteiger partial charge in [-0.2, -0.15) is 0 Å². The maximum absolute atomic E-state index is 13.4. The Morgan fingerprint density at radius 2 is 1.97 bits per heavy atom. The number of hydrogen-bond donors (Lipinski definition) is 1. The number of aromatic nitrogens is 1. The van der Waals surface area contributed by atoms with Crippen LogP contribution in [0.15, 0.2) is 24.3 Å². The van der Waals surface area contributed by atoms with Crippen LogP contribution in [0.4, 0.5) is 0 Å². The van der Waals surface area contributed by atoms with Gasteiger partial charge >= 0.3 is 0 Å². The summed E-state index contributed by atoms with van der Waals surface area (Å²) >= 11 is 1.42. The van der Waals surface area contributed by atoms with Crippen molar-refractivity contribution in [2.75, 3.05) is 19.7 Å². The van der Waals surface area contributed by atoms with Crippen LogP contribution in [0.1, 0.15) is 61.8 Å². The number of ether oxygens (including phenoxy) is 1. The minimum atomic E-state index is -0.143. The van der Waals surface area contributed by atoms with E-state index >= 15 is 0 Å². The number of thiazole rings is 1. The molecule has 6 nitrogen and oxygen atoms in total. The molecule has 2 aromatic rings. The van der Waals surface area contributed by atoms with Gasteiger partial charge in [0.15, 0.2) is 0 Å². The fourth-order valence-electron chi connectivity index (χ4n) is 3.85. The van der Waals surface area contributed by atoms with Gasteiger partial charge in [0.1, 0.15) is 15.6 Å². The van der Waals surface area contributed by atoms with E-state index in [1.54, 1.807) is 0 Å². The second kappa shape index (κ2) is 10.8. The average molecular weight is 444 g/mol. The Morgan fingerprint density at radius 3 is 2.65 bits per heavy atom. The molecule has 1 aliphatic rings. The van der Waals surface area contributed by atoms with E-state index in [-0.39, 0.29) is 23.8 Å². The van der Waals surface area contributed by atoms with E-state index in [1.165, 1.54) is 11.3 Å². The first kappa shape index (κ1) is 23.3. The highest BCUT2D eigenvalue weighted by molar-refractivity contribution is 7.17. The zero-order valence-electron chi connectivity index (χ0n) is 18.9. The number of nitrogens with zero attached hydrogens (tertiary/aromatic N) is 2. The molecule has 2 heterocycles. The van der Waals surface area contributed by atoms with Crippen LogP contribution in [0, 0.1) is 12.8 Å². The van der Waals surface area contributed by atoms with E-state index in [1.807, 2.05) is 43.0 Å². The van der Waals surface area contributed by atoms with Gasteiger partial charge in [-0.3, -0.25) is 9.59 Å². The fraction of sp³-hybridized carbons (Fsp3) is 0.542. The summed E-state index contributed by atoms with van der Waals surface area (Å²) < 4.78 is 5.50. The third-order valence-corrected chi connectivity index (χ3v) is 6.94. The Kier molecular flexibility index (Phi) is 8.07. The SMILES string of the molecule is CCCCNC(=O)C1CCC(C)N(C(=O)c2sc(-c3ccc(OCC)cc3)nc2C)C1. The van der Waals surface area contributed by atoms with Crippen molar-refractivity contribution in [3.63, 3.8) is 0 Å². The molecule has 7 heteroatoms. The number of hydrogen-bond acceptors (Lipinski definition) is 5. The zero-order chi connectivity index (χ0) is 22.4. The lowest BCUT2D eigenvalue weighted by molar-refractivity contribution is -0.126. The Hall–Kier alpha value is -2.41. The van der Waals surface area contributed by atoms with Gasteiger partial charge in [0.05, 0.1) is 18.2 Å². The van der Waals surface area contributed by atoms with Crippen molar-refractivity contribution in [1.82, 2.24) is 15.2 Å². The quantitative estimate of drug-likeness (QED) is 0.602. The summed E-state index contributed by atoms with van der Waals surface area (Å²) in [6.07, 6.45) is 3.68. The minimum Gasteiger partial charge on any atom is -0.494 e. The largest absolute Gasteiger partial charge is 0.494 e. The molecule has 0 saturated carbocycles. The standard InChI is InChI=1S/C24H33N3O3S/c1-5-7-14-25-22(28)19-9-8-16(3)27(15-19)24(29)21-17(4)26-23(31-21)18-10-12-20(13-11-18)30-6-2/h10-13,16,19H,5-9,14-15H2,1-4H3,(H,25,28). The molecular formula is C24H33N3O3S. The van der Waals surface area contributed by atoms with Gasteiger partial charge in [-0.15, -0.1) is 11.3 Å². The van der Waals surface area contributed by atoms with E-state index in [0.717, 1.165) is 47.7 Å². The van der Waals surface area contributed by atoms with Crippen molar-refractivity contribution in [2.24, 2.45) is 5.92 Å². The molecule has 1 aromatic heterocycles. The molecule has 1 saturated heterocycles. The Bertz CT molecular complexity index is 894. The first-order valence-corrected chi connectivity index (χ1v) is 12.1. The van der Waals surface area contributed by atoms with Gasteiger partial charge in [0.25, 0.3) is 5.91 Å². The second-order valence-corrected chi connectivity index (χ2v) is 9.12. The lowest BCUT2D eigenvalue weighted by Crippen LogP contribution is -2.49. The maximum Gasteiger partial charge on any atom is 0.266 e. The minimum absolute atomic E-state index is 0.0225. The monoisotopic (exact) mass is 443 g/mol. The normalized spacial score (nSPS) is 18.6. The van der Waals surface area contributed by atoms with Crippen LogP contribution in [0.5, 0.6) is 5.75 Å². The van der Waals surface area contributed by atoms with Crippen LogP contribution in [-0.2, 0) is 4.79 Å². The Morgan fingerprint density at radius 1 is 1.23 bits per heavy atom. The third-order valence-electron chi connectivity index (χ3n) is 5.75. The van der Waals surface area contributed by atoms with Crippen molar-refractivity contribution in [3.8, 4) is 16.3 Å². The molecule has 0 spiro atoms. The van der Waals surface area contributed by atoms with Crippen LogP contribution >= 0.6 is 11.3 Å². The molecule has 0 bridgehead atoms. The number of nitrogens with one attached hydrogen (secondary N) is 1. The maximum atomic E-state index is 13.4. The van der Waals surface area contributed by atoms with E-state index in [9.17, 15) is 9.59 Å². The Labute approximate surface area is 189 Å². The molecule has 168 valence electrons. The van der Waals surface area contributed by atoms with Crippen molar-refractivity contribution in [3.05, 3.63) is 34.8 Å². The summed E-state index contributed by atoms with van der Waals surface area (Å²) in [6.45, 7) is 9.80. The lowest BCUT2D eigenvalue weighted by Gasteiger charge is -2.37. The Balaban J connectivity index is 1.73. The number of likely N-dealkylation sites (tertiary alicyclic amines) is 1. The van der Waals surface area contributed by atoms with Gasteiger partial charge < -0.3 is 15.0 Å². The highest BCUT2D eigenvalue weighted by Crippen LogP contribution is 2.32. The van der Waals surface area contributed by atoms with Crippen LogP contribution in [0.2, 0.25) is 0 Å². The summed E-state index contributed by atoms with van der Waals surface area (Å²) in [5, 5.41) is 3.84. The van der Waals surface area contributed by atoms with Crippen LogP contribution < -0.4 is 10.1 Å². The molecule has 0 aliphatic carbocycles. The van der Waals surface area contributed by atoms with Crippen LogP contribution in [-0.4, -0.2) is 47.4 Å². The number of carbonyl (C=O) groups excluding carboxylic acids is 2. The van der Waals surface area contributed by atoms with Gasteiger partial charge in [0, 0.05) is 24.7 Å². The molecular weight excluding hydrogens is 410 g/mol. The molecule has 1 aromatic carbocycles. The molecule has 2 atom stereocenters. The first-order chi connectivity index (χ1) is 14.9. The summed E-state index contributed by atoms with van der Waals surface area (Å²) in [7, 11) is 0. The van der Waals surface area contributed by atoms with Crippen molar-refractivity contribution in [2.45, 2.75) is 59.4 Å². The van der Waals surface area contributed by atoms with Crippen molar-refractivity contribution in [1.29, 1.82) is 0 Å². The van der Waals surface area contributed by atoms with Crippen LogP contribution in [0.25, 0.3) is 10.6 Å². The predicted octanol–water partition coefficient (Wildman–Crippen LogP) is 4.67. The number of carbonyl (C=O) groups is 2. The molecule has 2 amide bonds. The van der Waals surface area contributed by atoms with Gasteiger partial charge in [-0.1, -0.05) is 13.3 Å². The number of amides is 2. The number of unbranched alkanes of at least 4 members (excludes halogenated alkanes) is 1.